The van der Waals surface area contributed by atoms with Gasteiger partial charge in [-0.3, -0.25) is 4.79 Å². The van der Waals surface area contributed by atoms with E-state index in [1.807, 2.05) is 66.9 Å². The van der Waals surface area contributed by atoms with Crippen LogP contribution in [0.4, 0.5) is 11.4 Å². The number of rotatable bonds is 6. The van der Waals surface area contributed by atoms with Crippen LogP contribution >= 0.6 is 11.8 Å². The number of carbonyl (C=O) groups excluding carboxylic acids is 1. The maximum atomic E-state index is 12.5. The molecular formula is C22H20N2O3S. The predicted molar refractivity (Wildman–Crippen MR) is 116 cm³/mol. The molecule has 4 aromatic rings. The minimum atomic E-state index is -0.162. The van der Waals surface area contributed by atoms with Crippen LogP contribution in [0.5, 0.6) is 5.75 Å². The van der Waals surface area contributed by atoms with Gasteiger partial charge in [0, 0.05) is 27.4 Å². The van der Waals surface area contributed by atoms with Gasteiger partial charge in [-0.15, -0.1) is 11.8 Å². The average molecular weight is 392 g/mol. The number of amides is 1. The number of fused-ring (bicyclic) bond motifs is 3. The average Bonchev–Trinajstić information content (AvgIpc) is 3.09. The second-order valence-electron chi connectivity index (χ2n) is 6.25. The number of hydrogen-bond acceptors (Lipinski definition) is 5. The van der Waals surface area contributed by atoms with Crippen LogP contribution in [0.2, 0.25) is 0 Å². The molecule has 28 heavy (non-hydrogen) atoms. The molecule has 6 heteroatoms. The van der Waals surface area contributed by atoms with E-state index in [9.17, 15) is 4.79 Å². The van der Waals surface area contributed by atoms with Crippen LogP contribution in [0, 0.1) is 0 Å². The van der Waals surface area contributed by atoms with Crippen molar-refractivity contribution in [3.05, 3.63) is 60.7 Å². The van der Waals surface area contributed by atoms with Crippen LogP contribution < -0.4 is 15.4 Å². The van der Waals surface area contributed by atoms with Gasteiger partial charge in [0.1, 0.15) is 16.9 Å². The third kappa shape index (κ3) is 3.51. The summed E-state index contributed by atoms with van der Waals surface area (Å²) in [7, 11) is 1.59. The number of anilines is 2. The lowest BCUT2D eigenvalue weighted by atomic mass is 10.1. The van der Waals surface area contributed by atoms with Crippen LogP contribution in [-0.4, -0.2) is 25.8 Å². The second-order valence-corrected chi connectivity index (χ2v) is 7.10. The first-order valence-electron chi connectivity index (χ1n) is 8.85. The van der Waals surface area contributed by atoms with E-state index in [-0.39, 0.29) is 12.5 Å². The minimum absolute atomic E-state index is 0.152. The molecule has 0 bridgehead atoms. The molecule has 1 heterocycles. The second kappa shape index (κ2) is 7.86. The summed E-state index contributed by atoms with van der Waals surface area (Å²) in [6, 6.07) is 19.4. The highest BCUT2D eigenvalue weighted by Crippen LogP contribution is 2.36. The van der Waals surface area contributed by atoms with Gasteiger partial charge in [0.15, 0.2) is 0 Å². The van der Waals surface area contributed by atoms with Crippen LogP contribution in [0.1, 0.15) is 0 Å². The van der Waals surface area contributed by atoms with Gasteiger partial charge in [-0.1, -0.05) is 30.3 Å². The van der Waals surface area contributed by atoms with Gasteiger partial charge in [0.25, 0.3) is 0 Å². The molecule has 142 valence electrons. The van der Waals surface area contributed by atoms with Crippen molar-refractivity contribution < 1.29 is 13.9 Å². The SMILES string of the molecule is COc1cc2c(cc1NC(=O)CNc1ccccc1SC)oc1ccccc12. The molecule has 2 N–H and O–H groups in total. The molecule has 0 unspecified atom stereocenters. The Morgan fingerprint density at radius 3 is 2.61 bits per heavy atom. The zero-order valence-electron chi connectivity index (χ0n) is 15.6. The molecular weight excluding hydrogens is 372 g/mol. The van der Waals surface area contributed by atoms with Gasteiger partial charge >= 0.3 is 0 Å². The Morgan fingerprint density at radius 1 is 1.00 bits per heavy atom. The number of para-hydroxylation sites is 2. The monoisotopic (exact) mass is 392 g/mol. The van der Waals surface area contributed by atoms with E-state index in [1.54, 1.807) is 18.9 Å². The van der Waals surface area contributed by atoms with Crippen molar-refractivity contribution in [2.45, 2.75) is 4.90 Å². The van der Waals surface area contributed by atoms with Gasteiger partial charge in [-0.05, 0) is 30.5 Å². The fraction of sp³-hybridized carbons (Fsp3) is 0.136. The first-order chi connectivity index (χ1) is 13.7. The molecule has 0 saturated carbocycles. The Labute approximate surface area is 167 Å². The third-order valence-corrected chi connectivity index (χ3v) is 5.32. The molecule has 0 radical (unpaired) electrons. The lowest BCUT2D eigenvalue weighted by molar-refractivity contribution is -0.114. The molecule has 0 aliphatic carbocycles. The van der Waals surface area contributed by atoms with E-state index in [0.29, 0.717) is 17.0 Å². The lowest BCUT2D eigenvalue weighted by Crippen LogP contribution is -2.22. The molecule has 0 aliphatic heterocycles. The van der Waals surface area contributed by atoms with Crippen molar-refractivity contribution >= 4 is 51.0 Å². The highest BCUT2D eigenvalue weighted by molar-refractivity contribution is 7.98. The quantitative estimate of drug-likeness (QED) is 0.432. The van der Waals surface area contributed by atoms with Crippen LogP contribution in [0.3, 0.4) is 0 Å². The minimum Gasteiger partial charge on any atom is -0.495 e. The Kier molecular flexibility index (Phi) is 5.12. The van der Waals surface area contributed by atoms with Gasteiger partial charge < -0.3 is 19.8 Å². The van der Waals surface area contributed by atoms with Crippen molar-refractivity contribution in [1.82, 2.24) is 0 Å². The summed E-state index contributed by atoms with van der Waals surface area (Å²) >= 11 is 1.63. The molecule has 5 nitrogen and oxygen atoms in total. The fourth-order valence-electron chi connectivity index (χ4n) is 3.18. The number of furan rings is 1. The topological polar surface area (TPSA) is 63.5 Å². The third-order valence-electron chi connectivity index (χ3n) is 4.52. The normalized spacial score (nSPS) is 10.9. The van der Waals surface area contributed by atoms with Crippen molar-refractivity contribution in [3.8, 4) is 5.75 Å². The first-order valence-corrected chi connectivity index (χ1v) is 10.1. The molecule has 0 saturated heterocycles. The molecule has 0 aliphatic rings. The highest BCUT2D eigenvalue weighted by Gasteiger charge is 2.14. The Morgan fingerprint density at radius 2 is 1.79 bits per heavy atom. The van der Waals surface area contributed by atoms with Crippen molar-refractivity contribution in [2.75, 3.05) is 30.5 Å². The van der Waals surface area contributed by atoms with E-state index in [2.05, 4.69) is 10.6 Å². The van der Waals surface area contributed by atoms with E-state index in [0.717, 1.165) is 26.9 Å². The summed E-state index contributed by atoms with van der Waals surface area (Å²) in [5, 5.41) is 8.07. The molecule has 1 amide bonds. The lowest BCUT2D eigenvalue weighted by Gasteiger charge is -2.12. The maximum absolute atomic E-state index is 12.5. The summed E-state index contributed by atoms with van der Waals surface area (Å²) in [5.74, 6) is 0.432. The van der Waals surface area contributed by atoms with E-state index >= 15 is 0 Å². The maximum Gasteiger partial charge on any atom is 0.243 e. The highest BCUT2D eigenvalue weighted by atomic mass is 32.2. The Hall–Kier alpha value is -3.12. The van der Waals surface area contributed by atoms with E-state index in [1.165, 1.54) is 0 Å². The number of methoxy groups -OCH3 is 1. The van der Waals surface area contributed by atoms with Crippen LogP contribution in [0.15, 0.2) is 70.0 Å². The summed E-state index contributed by atoms with van der Waals surface area (Å²) < 4.78 is 11.4. The summed E-state index contributed by atoms with van der Waals surface area (Å²) in [6.07, 6.45) is 2.01. The molecule has 1 aromatic heterocycles. The summed E-state index contributed by atoms with van der Waals surface area (Å²) in [4.78, 5) is 13.6. The molecule has 0 fully saturated rings. The van der Waals surface area contributed by atoms with Gasteiger partial charge in [-0.25, -0.2) is 0 Å². The van der Waals surface area contributed by atoms with Crippen molar-refractivity contribution in [1.29, 1.82) is 0 Å². The molecule has 0 spiro atoms. The molecule has 4 rings (SSSR count). The summed E-state index contributed by atoms with van der Waals surface area (Å²) in [5.41, 5.74) is 3.03. The Bertz CT molecular complexity index is 1150. The van der Waals surface area contributed by atoms with Crippen molar-refractivity contribution in [2.24, 2.45) is 0 Å². The predicted octanol–water partition coefficient (Wildman–Crippen LogP) is 5.37. The standard InChI is InChI=1S/C22H20N2O3S/c1-26-20-11-15-14-7-3-5-9-18(14)27-19(15)12-17(20)24-22(25)13-23-16-8-4-6-10-21(16)28-2/h3-12,23H,13H2,1-2H3,(H,24,25). The number of ether oxygens (including phenoxy) is 1. The van der Waals surface area contributed by atoms with E-state index < -0.39 is 0 Å². The smallest absolute Gasteiger partial charge is 0.243 e. The van der Waals surface area contributed by atoms with Crippen LogP contribution in [-0.2, 0) is 4.79 Å². The molecule has 0 atom stereocenters. The number of nitrogens with one attached hydrogen (secondary N) is 2. The van der Waals surface area contributed by atoms with Crippen LogP contribution in [0.25, 0.3) is 21.9 Å². The van der Waals surface area contributed by atoms with Gasteiger partial charge in [0.2, 0.25) is 5.91 Å². The van der Waals surface area contributed by atoms with Crippen molar-refractivity contribution in [3.63, 3.8) is 0 Å². The number of thioether (sulfide) groups is 1. The van der Waals surface area contributed by atoms with Gasteiger partial charge in [0.05, 0.1) is 19.3 Å². The number of benzene rings is 3. The fourth-order valence-corrected chi connectivity index (χ4v) is 3.75. The first kappa shape index (κ1) is 18.3. The zero-order valence-corrected chi connectivity index (χ0v) is 16.4. The Balaban J connectivity index is 1.56. The van der Waals surface area contributed by atoms with E-state index in [4.69, 9.17) is 9.15 Å². The molecule has 3 aromatic carbocycles. The van der Waals surface area contributed by atoms with Gasteiger partial charge in [-0.2, -0.15) is 0 Å². The number of carbonyl (C=O) groups is 1. The zero-order chi connectivity index (χ0) is 19.5. The number of hydrogen-bond donors (Lipinski definition) is 2. The summed E-state index contributed by atoms with van der Waals surface area (Å²) in [6.45, 7) is 0.152. The largest absolute Gasteiger partial charge is 0.495 e.